The van der Waals surface area contributed by atoms with Crippen LogP contribution in [0.3, 0.4) is 0 Å². The molecule has 0 unspecified atom stereocenters. The van der Waals surface area contributed by atoms with Crippen molar-refractivity contribution in [1.29, 1.82) is 0 Å². The first-order valence-electron chi connectivity index (χ1n) is 6.42. The molecule has 0 aromatic heterocycles. The highest BCUT2D eigenvalue weighted by Crippen LogP contribution is 2.12. The second-order valence-electron chi connectivity index (χ2n) is 6.73. The van der Waals surface area contributed by atoms with Gasteiger partial charge in [-0.3, -0.25) is 0 Å². The molecule has 0 heterocycles. The van der Waals surface area contributed by atoms with Crippen LogP contribution in [0.5, 0.6) is 0 Å². The molecule has 0 amide bonds. The van der Waals surface area contributed by atoms with Crippen LogP contribution in [-0.2, 0) is 0 Å². The Morgan fingerprint density at radius 1 is 0.737 bits per heavy atom. The van der Waals surface area contributed by atoms with E-state index in [9.17, 15) is 0 Å². The fraction of sp³-hybridized carbons (Fsp3) is 0.375. The molecule has 0 saturated carbocycles. The molecule has 1 aromatic carbocycles. The van der Waals surface area contributed by atoms with Crippen molar-refractivity contribution in [2.45, 2.75) is 39.3 Å². The van der Waals surface area contributed by atoms with Gasteiger partial charge in [-0.05, 0) is 40.8 Å². The van der Waals surface area contributed by atoms with Crippen LogP contribution in [0.1, 0.15) is 11.1 Å². The van der Waals surface area contributed by atoms with Crippen LogP contribution in [0, 0.1) is 26.5 Å². The summed E-state index contributed by atoms with van der Waals surface area (Å²) in [4.78, 5) is 0. The van der Waals surface area contributed by atoms with Crippen LogP contribution in [-0.4, -0.2) is 16.1 Å². The summed E-state index contributed by atoms with van der Waals surface area (Å²) in [7, 11) is -2.63. The summed E-state index contributed by atoms with van der Waals surface area (Å²) in [5, 5.41) is 0. The first kappa shape index (κ1) is 16.6. The van der Waals surface area contributed by atoms with Crippen molar-refractivity contribution in [2.75, 3.05) is 0 Å². The summed E-state index contributed by atoms with van der Waals surface area (Å²) in [6.45, 7) is 13.6. The molecule has 0 radical (unpaired) electrons. The molecule has 0 spiro atoms. The normalized spacial score (nSPS) is 11.1. The maximum Gasteiger partial charge on any atom is 0.129 e. The summed E-state index contributed by atoms with van der Waals surface area (Å²) in [5.41, 5.74) is 9.01. The van der Waals surface area contributed by atoms with Gasteiger partial charge in [-0.2, -0.15) is 0 Å². The minimum absolute atomic E-state index is 1.09. The van der Waals surface area contributed by atoms with E-state index in [-0.39, 0.29) is 0 Å². The third kappa shape index (κ3) is 7.62. The average Bonchev–Trinajstić information content (AvgIpc) is 2.21. The molecule has 3 heteroatoms. The van der Waals surface area contributed by atoms with E-state index in [0.717, 1.165) is 11.1 Å². The quantitative estimate of drug-likeness (QED) is 0.337. The minimum Gasteiger partial charge on any atom is -0.127 e. The van der Waals surface area contributed by atoms with Crippen LogP contribution in [0.15, 0.2) is 18.2 Å². The zero-order valence-electron chi connectivity index (χ0n) is 12.6. The Morgan fingerprint density at radius 2 is 1.11 bits per heavy atom. The largest absolute Gasteiger partial charge is 0.129 e. The van der Waals surface area contributed by atoms with Gasteiger partial charge in [-0.25, -0.2) is 0 Å². The molecular formula is C16H21ISi2. The van der Waals surface area contributed by atoms with Crippen molar-refractivity contribution in [3.8, 4) is 22.9 Å². The molecule has 1 aromatic rings. The third-order valence-electron chi connectivity index (χ3n) is 2.06. The van der Waals surface area contributed by atoms with Crippen molar-refractivity contribution in [2.24, 2.45) is 0 Å². The molecule has 0 aliphatic carbocycles. The number of benzene rings is 1. The van der Waals surface area contributed by atoms with E-state index in [2.05, 4.69) is 103 Å². The monoisotopic (exact) mass is 396 g/mol. The van der Waals surface area contributed by atoms with E-state index >= 15 is 0 Å². The van der Waals surface area contributed by atoms with E-state index in [4.69, 9.17) is 0 Å². The number of hydrogen-bond donors (Lipinski definition) is 0. The molecule has 19 heavy (non-hydrogen) atoms. The highest BCUT2D eigenvalue weighted by molar-refractivity contribution is 14.1. The van der Waals surface area contributed by atoms with E-state index in [0.29, 0.717) is 0 Å². The van der Waals surface area contributed by atoms with Gasteiger partial charge in [0.25, 0.3) is 0 Å². The lowest BCUT2D eigenvalue weighted by Gasteiger charge is -2.05. The van der Waals surface area contributed by atoms with Gasteiger partial charge in [0.05, 0.1) is 0 Å². The van der Waals surface area contributed by atoms with Crippen molar-refractivity contribution in [3.05, 3.63) is 32.9 Å². The second-order valence-corrected chi connectivity index (χ2v) is 17.5. The second kappa shape index (κ2) is 6.30. The molecule has 0 saturated heterocycles. The Labute approximate surface area is 133 Å². The molecule has 0 aliphatic heterocycles. The van der Waals surface area contributed by atoms with Gasteiger partial charge < -0.3 is 0 Å². The smallest absolute Gasteiger partial charge is 0.127 e. The van der Waals surface area contributed by atoms with E-state index in [1.54, 1.807) is 0 Å². The summed E-state index contributed by atoms with van der Waals surface area (Å²) in [6.07, 6.45) is 0. The number of hydrogen-bond acceptors (Lipinski definition) is 0. The van der Waals surface area contributed by atoms with Gasteiger partial charge in [0.1, 0.15) is 16.1 Å². The molecule has 1 rings (SSSR count). The Balaban J connectivity index is 3.13. The lowest BCUT2D eigenvalue weighted by atomic mass is 10.1. The predicted octanol–water partition coefficient (Wildman–Crippen LogP) is 4.75. The Morgan fingerprint density at radius 3 is 1.42 bits per heavy atom. The fourth-order valence-corrected chi connectivity index (χ4v) is 2.96. The standard InChI is InChI=1S/C16H21ISi2/c1-18(2,3)9-7-14-11-15(13-16(17)12-14)8-10-19(4,5)6/h11-13H,1-6H3. The molecule has 0 aliphatic rings. The maximum atomic E-state index is 3.41. The summed E-state index contributed by atoms with van der Waals surface area (Å²) >= 11 is 2.34. The Kier molecular flexibility index (Phi) is 5.49. The van der Waals surface area contributed by atoms with Gasteiger partial charge in [-0.15, -0.1) is 11.1 Å². The molecule has 0 bridgehead atoms. The molecule has 0 fully saturated rings. The van der Waals surface area contributed by atoms with E-state index in [1.165, 1.54) is 3.57 Å². The summed E-state index contributed by atoms with van der Waals surface area (Å²) in [5.74, 6) is 6.63. The summed E-state index contributed by atoms with van der Waals surface area (Å²) in [6, 6.07) is 6.38. The van der Waals surface area contributed by atoms with Gasteiger partial charge >= 0.3 is 0 Å². The molecular weight excluding hydrogens is 375 g/mol. The lowest BCUT2D eigenvalue weighted by Crippen LogP contribution is -2.16. The topological polar surface area (TPSA) is 0 Å². The van der Waals surface area contributed by atoms with E-state index < -0.39 is 16.1 Å². The predicted molar refractivity (Wildman–Crippen MR) is 99.6 cm³/mol. The lowest BCUT2D eigenvalue weighted by molar-refractivity contribution is 1.55. The minimum atomic E-state index is -1.32. The zero-order valence-corrected chi connectivity index (χ0v) is 16.8. The highest BCUT2D eigenvalue weighted by atomic mass is 127. The summed E-state index contributed by atoms with van der Waals surface area (Å²) < 4.78 is 1.21. The van der Waals surface area contributed by atoms with Crippen molar-refractivity contribution in [3.63, 3.8) is 0 Å². The molecule has 0 nitrogen and oxygen atoms in total. The van der Waals surface area contributed by atoms with Gasteiger partial charge in [-0.1, -0.05) is 51.1 Å². The highest BCUT2D eigenvalue weighted by Gasteiger charge is 2.08. The van der Waals surface area contributed by atoms with Gasteiger partial charge in [0.15, 0.2) is 0 Å². The van der Waals surface area contributed by atoms with Gasteiger partial charge in [0.2, 0.25) is 0 Å². The van der Waals surface area contributed by atoms with Crippen molar-refractivity contribution >= 4 is 38.7 Å². The van der Waals surface area contributed by atoms with Crippen LogP contribution in [0.25, 0.3) is 0 Å². The zero-order chi connectivity index (χ0) is 14.7. The van der Waals surface area contributed by atoms with Crippen LogP contribution in [0.2, 0.25) is 39.3 Å². The Bertz CT molecular complexity index is 531. The van der Waals surface area contributed by atoms with Crippen molar-refractivity contribution in [1.82, 2.24) is 0 Å². The average molecular weight is 396 g/mol. The van der Waals surface area contributed by atoms with Crippen LogP contribution in [0.4, 0.5) is 0 Å². The van der Waals surface area contributed by atoms with Crippen LogP contribution >= 0.6 is 22.6 Å². The van der Waals surface area contributed by atoms with Crippen LogP contribution < -0.4 is 0 Å². The van der Waals surface area contributed by atoms with E-state index in [1.807, 2.05) is 0 Å². The third-order valence-corrected chi connectivity index (χ3v) is 4.43. The number of halogens is 1. The first-order chi connectivity index (χ1) is 8.55. The molecule has 0 atom stereocenters. The Hall–Kier alpha value is -0.496. The fourth-order valence-electron chi connectivity index (χ4n) is 1.25. The SMILES string of the molecule is C[Si](C)(C)C#Cc1cc(I)cc(C#C[Si](C)(C)C)c1. The molecule has 100 valence electrons. The first-order valence-corrected chi connectivity index (χ1v) is 14.5. The van der Waals surface area contributed by atoms with Crippen molar-refractivity contribution < 1.29 is 0 Å². The molecule has 0 N–H and O–H groups in total. The maximum absolute atomic E-state index is 3.41. The van der Waals surface area contributed by atoms with Gasteiger partial charge in [0, 0.05) is 14.7 Å². The number of rotatable bonds is 0.